The fraction of sp³-hybridized carbons (Fsp3) is 0.444. The summed E-state index contributed by atoms with van der Waals surface area (Å²) in [6.45, 7) is 6.49. The number of rotatable bonds is 4. The van der Waals surface area contributed by atoms with Gasteiger partial charge in [0.1, 0.15) is 6.10 Å². The van der Waals surface area contributed by atoms with Gasteiger partial charge >= 0.3 is 0 Å². The van der Waals surface area contributed by atoms with Crippen LogP contribution in [-0.4, -0.2) is 42.1 Å². The summed E-state index contributed by atoms with van der Waals surface area (Å²) in [6, 6.07) is 9.17. The second kappa shape index (κ2) is 7.09. The monoisotopic (exact) mass is 361 g/mol. The van der Waals surface area contributed by atoms with Crippen LogP contribution in [0, 0.1) is 20.8 Å². The molecule has 3 rings (SSSR count). The number of aromatic nitrogens is 2. The highest BCUT2D eigenvalue weighted by molar-refractivity contribution is 7.89. The zero-order valence-corrected chi connectivity index (χ0v) is 15.6. The molecule has 0 bridgehead atoms. The van der Waals surface area contributed by atoms with Gasteiger partial charge in [-0.05, 0) is 56.9 Å². The quantitative estimate of drug-likeness (QED) is 0.837. The highest BCUT2D eigenvalue weighted by Gasteiger charge is 2.31. The number of piperidine rings is 1. The molecule has 25 heavy (non-hydrogen) atoms. The van der Waals surface area contributed by atoms with E-state index in [-0.39, 0.29) is 6.10 Å². The normalized spacial score (nSPS) is 16.8. The van der Waals surface area contributed by atoms with Crippen molar-refractivity contribution < 1.29 is 13.2 Å². The molecule has 0 spiro atoms. The average molecular weight is 361 g/mol. The Bertz CT molecular complexity index is 842. The maximum atomic E-state index is 12.9. The second-order valence-electron chi connectivity index (χ2n) is 6.50. The Labute approximate surface area is 148 Å². The van der Waals surface area contributed by atoms with Gasteiger partial charge in [-0.2, -0.15) is 9.40 Å². The van der Waals surface area contributed by atoms with Crippen molar-refractivity contribution in [2.24, 2.45) is 0 Å². The van der Waals surface area contributed by atoms with Crippen molar-refractivity contribution in [2.45, 2.75) is 44.6 Å². The molecule has 0 aliphatic carbocycles. The van der Waals surface area contributed by atoms with Gasteiger partial charge in [0, 0.05) is 19.2 Å². The molecule has 1 aliphatic rings. The van der Waals surface area contributed by atoms with E-state index < -0.39 is 10.0 Å². The maximum absolute atomic E-state index is 12.9. The van der Waals surface area contributed by atoms with Crippen molar-refractivity contribution in [1.29, 1.82) is 0 Å². The summed E-state index contributed by atoms with van der Waals surface area (Å²) in [7, 11) is -3.47. The van der Waals surface area contributed by atoms with Crippen LogP contribution in [0.4, 0.5) is 0 Å². The molecule has 2 heterocycles. The first-order chi connectivity index (χ1) is 11.9. The molecule has 2 aromatic rings. The van der Waals surface area contributed by atoms with Gasteiger partial charge in [-0.15, -0.1) is 5.10 Å². The van der Waals surface area contributed by atoms with Crippen LogP contribution in [0.15, 0.2) is 35.2 Å². The van der Waals surface area contributed by atoms with Crippen molar-refractivity contribution in [3.8, 4) is 5.88 Å². The number of sulfonamides is 1. The third kappa shape index (κ3) is 3.99. The van der Waals surface area contributed by atoms with Crippen LogP contribution in [-0.2, 0) is 10.0 Å². The highest BCUT2D eigenvalue weighted by Crippen LogP contribution is 2.25. The lowest BCUT2D eigenvalue weighted by molar-refractivity contribution is 0.128. The molecule has 1 aliphatic heterocycles. The molecule has 0 N–H and O–H groups in total. The number of hydrogen-bond acceptors (Lipinski definition) is 5. The molecule has 7 heteroatoms. The smallest absolute Gasteiger partial charge is 0.243 e. The summed E-state index contributed by atoms with van der Waals surface area (Å²) in [5, 5.41) is 7.98. The predicted molar refractivity (Wildman–Crippen MR) is 95.1 cm³/mol. The third-order valence-electron chi connectivity index (χ3n) is 4.42. The molecule has 1 saturated heterocycles. The van der Waals surface area contributed by atoms with Gasteiger partial charge < -0.3 is 4.74 Å². The van der Waals surface area contributed by atoms with Crippen molar-refractivity contribution in [3.05, 3.63) is 47.2 Å². The van der Waals surface area contributed by atoms with Crippen LogP contribution in [0.3, 0.4) is 0 Å². The minimum absolute atomic E-state index is 0.0398. The molecule has 0 amide bonds. The Morgan fingerprint density at radius 1 is 1.04 bits per heavy atom. The largest absolute Gasteiger partial charge is 0.473 e. The highest BCUT2D eigenvalue weighted by atomic mass is 32.2. The van der Waals surface area contributed by atoms with Gasteiger partial charge in [0.15, 0.2) is 0 Å². The first-order valence-corrected chi connectivity index (χ1v) is 9.84. The van der Waals surface area contributed by atoms with Crippen LogP contribution in [0.2, 0.25) is 0 Å². The van der Waals surface area contributed by atoms with E-state index in [9.17, 15) is 8.42 Å². The lowest BCUT2D eigenvalue weighted by Gasteiger charge is -2.31. The molecule has 134 valence electrons. The van der Waals surface area contributed by atoms with Crippen molar-refractivity contribution >= 4 is 10.0 Å². The van der Waals surface area contributed by atoms with Crippen molar-refractivity contribution in [3.63, 3.8) is 0 Å². The fourth-order valence-electron chi connectivity index (χ4n) is 2.93. The van der Waals surface area contributed by atoms with E-state index in [1.165, 1.54) is 0 Å². The van der Waals surface area contributed by atoms with Crippen LogP contribution in [0.1, 0.15) is 29.7 Å². The molecule has 1 fully saturated rings. The van der Waals surface area contributed by atoms with E-state index >= 15 is 0 Å². The summed E-state index contributed by atoms with van der Waals surface area (Å²) in [5.74, 6) is 0.487. The van der Waals surface area contributed by atoms with Crippen molar-refractivity contribution in [2.75, 3.05) is 13.1 Å². The second-order valence-corrected chi connectivity index (χ2v) is 8.41. The SMILES string of the molecule is Cc1ccc(C)c(S(=O)(=O)N2CCC(Oc3ccc(C)nn3)CC2)c1. The van der Waals surface area contributed by atoms with Crippen LogP contribution in [0.25, 0.3) is 0 Å². The lowest BCUT2D eigenvalue weighted by Crippen LogP contribution is -2.42. The Morgan fingerprint density at radius 2 is 1.76 bits per heavy atom. The number of hydrogen-bond donors (Lipinski definition) is 0. The maximum Gasteiger partial charge on any atom is 0.243 e. The van der Waals surface area contributed by atoms with E-state index in [0.717, 1.165) is 16.8 Å². The molecule has 1 aromatic carbocycles. The Balaban J connectivity index is 1.67. The summed E-state index contributed by atoms with van der Waals surface area (Å²) >= 11 is 0. The van der Waals surface area contributed by atoms with Crippen molar-refractivity contribution in [1.82, 2.24) is 14.5 Å². The number of nitrogens with zero attached hydrogens (tertiary/aromatic N) is 3. The van der Waals surface area contributed by atoms with E-state index in [4.69, 9.17) is 4.74 Å². The van der Waals surface area contributed by atoms with Crippen LogP contribution < -0.4 is 4.74 Å². The third-order valence-corrected chi connectivity index (χ3v) is 6.46. The number of ether oxygens (including phenoxy) is 1. The molecule has 6 nitrogen and oxygen atoms in total. The van der Waals surface area contributed by atoms with E-state index in [2.05, 4.69) is 10.2 Å². The van der Waals surface area contributed by atoms with Crippen LogP contribution in [0.5, 0.6) is 5.88 Å². The minimum Gasteiger partial charge on any atom is -0.473 e. The zero-order valence-electron chi connectivity index (χ0n) is 14.8. The lowest BCUT2D eigenvalue weighted by atomic mass is 10.1. The van der Waals surface area contributed by atoms with Gasteiger partial charge in [0.2, 0.25) is 15.9 Å². The summed E-state index contributed by atoms with van der Waals surface area (Å²) in [5.41, 5.74) is 2.56. The summed E-state index contributed by atoms with van der Waals surface area (Å²) in [4.78, 5) is 0.399. The van der Waals surface area contributed by atoms with E-state index in [1.54, 1.807) is 16.4 Å². The average Bonchev–Trinajstić information content (AvgIpc) is 2.59. The fourth-order valence-corrected chi connectivity index (χ4v) is 4.71. The molecular weight excluding hydrogens is 338 g/mol. The number of benzene rings is 1. The predicted octanol–water partition coefficient (Wildman–Crippen LogP) is 2.63. The first-order valence-electron chi connectivity index (χ1n) is 8.40. The Kier molecular flexibility index (Phi) is 5.06. The molecule has 0 atom stereocenters. The topological polar surface area (TPSA) is 72.4 Å². The van der Waals surface area contributed by atoms with Crippen LogP contribution >= 0.6 is 0 Å². The molecule has 1 aromatic heterocycles. The number of aryl methyl sites for hydroxylation is 3. The van der Waals surface area contributed by atoms with E-state index in [1.807, 2.05) is 39.0 Å². The summed E-state index contributed by atoms with van der Waals surface area (Å²) < 4.78 is 33.2. The molecule has 0 saturated carbocycles. The Morgan fingerprint density at radius 3 is 2.40 bits per heavy atom. The molecular formula is C18H23N3O3S. The molecule has 0 radical (unpaired) electrons. The van der Waals surface area contributed by atoms with Gasteiger partial charge in [0.25, 0.3) is 0 Å². The first kappa shape index (κ1) is 17.8. The zero-order chi connectivity index (χ0) is 18.0. The Hall–Kier alpha value is -1.99. The minimum atomic E-state index is -3.47. The molecule has 0 unspecified atom stereocenters. The van der Waals surface area contributed by atoms with Gasteiger partial charge in [0.05, 0.1) is 10.6 Å². The van der Waals surface area contributed by atoms with E-state index in [0.29, 0.717) is 36.7 Å². The standard InChI is InChI=1S/C18H23N3O3S/c1-13-4-5-14(2)17(12-13)25(22,23)21-10-8-16(9-11-21)24-18-7-6-15(3)19-20-18/h4-7,12,16H,8-11H2,1-3H3. The van der Waals surface area contributed by atoms with Gasteiger partial charge in [-0.25, -0.2) is 8.42 Å². The summed E-state index contributed by atoms with van der Waals surface area (Å²) in [6.07, 6.45) is 1.24. The van der Waals surface area contributed by atoms with Gasteiger partial charge in [-0.3, -0.25) is 0 Å². The van der Waals surface area contributed by atoms with Gasteiger partial charge in [-0.1, -0.05) is 12.1 Å².